The Kier molecular flexibility index (Phi) is 4.69. The molecule has 0 amide bonds. The predicted molar refractivity (Wildman–Crippen MR) is 138 cm³/mol. The second kappa shape index (κ2) is 7.86. The van der Waals surface area contributed by atoms with Crippen molar-refractivity contribution in [1.29, 1.82) is 0 Å². The summed E-state index contributed by atoms with van der Waals surface area (Å²) in [4.78, 5) is 10.1. The Morgan fingerprint density at radius 3 is 2.24 bits per heavy atom. The van der Waals surface area contributed by atoms with Crippen LogP contribution in [-0.2, 0) is 6.42 Å². The van der Waals surface area contributed by atoms with E-state index in [1.807, 2.05) is 24.3 Å². The number of hydrogen-bond donors (Lipinski definition) is 0. The Morgan fingerprint density at radius 1 is 0.697 bits per heavy atom. The van der Waals surface area contributed by atoms with E-state index in [-0.39, 0.29) is 0 Å². The highest BCUT2D eigenvalue weighted by atomic mass is 15.1. The summed E-state index contributed by atoms with van der Waals surface area (Å²) in [6.45, 7) is 4.48. The van der Waals surface area contributed by atoms with Crippen molar-refractivity contribution in [2.75, 3.05) is 0 Å². The number of nitrogens with zero attached hydrogens (tertiary/aromatic N) is 3. The highest BCUT2D eigenvalue weighted by Crippen LogP contribution is 2.37. The van der Waals surface area contributed by atoms with Crippen LogP contribution in [0.25, 0.3) is 49.9 Å². The van der Waals surface area contributed by atoms with Crippen LogP contribution in [0, 0.1) is 6.92 Å². The van der Waals surface area contributed by atoms with Gasteiger partial charge in [-0.25, -0.2) is 9.97 Å². The van der Waals surface area contributed by atoms with Crippen LogP contribution in [0.15, 0.2) is 91.0 Å². The zero-order chi connectivity index (χ0) is 22.4. The molecule has 4 aromatic carbocycles. The number of rotatable bonds is 4. The van der Waals surface area contributed by atoms with Crippen LogP contribution in [-0.4, -0.2) is 14.5 Å². The highest BCUT2D eigenvalue weighted by Gasteiger charge is 2.19. The molecular formula is C30H25N3. The zero-order valence-electron chi connectivity index (χ0n) is 18.9. The second-order valence-corrected chi connectivity index (χ2v) is 8.61. The van der Waals surface area contributed by atoms with Gasteiger partial charge in [0.2, 0.25) is 0 Å². The SMILES string of the molecule is CCCc1c(C)ccc2c1c1ccccc1n2-c1nc(-c2ccccc2)nc2ccccc12. The molecule has 0 atom stereocenters. The molecule has 33 heavy (non-hydrogen) atoms. The van der Waals surface area contributed by atoms with Crippen molar-refractivity contribution in [2.24, 2.45) is 0 Å². The van der Waals surface area contributed by atoms with Gasteiger partial charge in [0, 0.05) is 21.7 Å². The topological polar surface area (TPSA) is 30.7 Å². The molecule has 6 rings (SSSR count). The second-order valence-electron chi connectivity index (χ2n) is 8.61. The Hall–Kier alpha value is -3.98. The molecule has 0 saturated heterocycles. The maximum absolute atomic E-state index is 5.16. The van der Waals surface area contributed by atoms with E-state index in [0.29, 0.717) is 0 Å². The van der Waals surface area contributed by atoms with Gasteiger partial charge < -0.3 is 0 Å². The quantitative estimate of drug-likeness (QED) is 0.289. The molecule has 2 heterocycles. The molecule has 0 fully saturated rings. The molecule has 3 nitrogen and oxygen atoms in total. The van der Waals surface area contributed by atoms with Crippen LogP contribution < -0.4 is 0 Å². The van der Waals surface area contributed by atoms with Gasteiger partial charge in [-0.3, -0.25) is 4.57 Å². The lowest BCUT2D eigenvalue weighted by atomic mass is 9.98. The molecule has 0 aliphatic carbocycles. The number of para-hydroxylation sites is 2. The van der Waals surface area contributed by atoms with E-state index >= 15 is 0 Å². The summed E-state index contributed by atoms with van der Waals surface area (Å²) >= 11 is 0. The third kappa shape index (κ3) is 3.12. The van der Waals surface area contributed by atoms with Crippen LogP contribution in [0.2, 0.25) is 0 Å². The number of aromatic nitrogens is 3. The molecule has 0 spiro atoms. The van der Waals surface area contributed by atoms with Crippen molar-refractivity contribution in [3.8, 4) is 17.2 Å². The Bertz CT molecular complexity index is 1630. The number of benzene rings is 4. The Balaban J connectivity index is 1.78. The smallest absolute Gasteiger partial charge is 0.162 e. The van der Waals surface area contributed by atoms with E-state index < -0.39 is 0 Å². The summed E-state index contributed by atoms with van der Waals surface area (Å²) in [6, 6.07) is 31.8. The summed E-state index contributed by atoms with van der Waals surface area (Å²) in [5.41, 5.74) is 7.14. The molecule has 2 aromatic heterocycles. The van der Waals surface area contributed by atoms with Crippen LogP contribution >= 0.6 is 0 Å². The van der Waals surface area contributed by atoms with Crippen molar-refractivity contribution < 1.29 is 0 Å². The summed E-state index contributed by atoms with van der Waals surface area (Å²) in [6.07, 6.45) is 2.19. The fourth-order valence-electron chi connectivity index (χ4n) is 4.98. The van der Waals surface area contributed by atoms with Crippen LogP contribution in [0.1, 0.15) is 24.5 Å². The first-order valence-electron chi connectivity index (χ1n) is 11.6. The number of aryl methyl sites for hydroxylation is 2. The van der Waals surface area contributed by atoms with Gasteiger partial charge in [0.05, 0.1) is 16.6 Å². The molecule has 0 radical (unpaired) electrons. The lowest BCUT2D eigenvalue weighted by molar-refractivity contribution is 0.921. The van der Waals surface area contributed by atoms with Gasteiger partial charge in [0.15, 0.2) is 5.82 Å². The standard InChI is InChI=1S/C30H25N3/c1-3-11-22-20(2)18-19-27-28(22)24-15-8-10-17-26(24)33(27)30-23-14-7-9-16-25(23)31-29(32-30)21-12-5-4-6-13-21/h4-10,12-19H,3,11H2,1-2H3. The first-order chi connectivity index (χ1) is 16.3. The van der Waals surface area contributed by atoms with E-state index in [2.05, 4.69) is 85.1 Å². The van der Waals surface area contributed by atoms with Crippen molar-refractivity contribution in [2.45, 2.75) is 26.7 Å². The number of hydrogen-bond acceptors (Lipinski definition) is 2. The van der Waals surface area contributed by atoms with E-state index in [1.165, 1.54) is 32.9 Å². The van der Waals surface area contributed by atoms with Crippen LogP contribution in [0.5, 0.6) is 0 Å². The van der Waals surface area contributed by atoms with Crippen LogP contribution in [0.3, 0.4) is 0 Å². The normalized spacial score (nSPS) is 11.6. The molecule has 0 bridgehead atoms. The fraction of sp³-hybridized carbons (Fsp3) is 0.133. The number of fused-ring (bicyclic) bond motifs is 4. The van der Waals surface area contributed by atoms with Gasteiger partial charge in [0.25, 0.3) is 0 Å². The predicted octanol–water partition coefficient (Wildman–Crippen LogP) is 7.65. The molecule has 0 unspecified atom stereocenters. The summed E-state index contributed by atoms with van der Waals surface area (Å²) in [7, 11) is 0. The van der Waals surface area contributed by atoms with Gasteiger partial charge >= 0.3 is 0 Å². The summed E-state index contributed by atoms with van der Waals surface area (Å²) < 4.78 is 2.33. The average molecular weight is 428 g/mol. The van der Waals surface area contributed by atoms with Gasteiger partial charge in [-0.05, 0) is 48.7 Å². The van der Waals surface area contributed by atoms with E-state index in [0.717, 1.165) is 41.0 Å². The Morgan fingerprint density at radius 2 is 1.42 bits per heavy atom. The fourth-order valence-corrected chi connectivity index (χ4v) is 4.98. The molecule has 160 valence electrons. The maximum atomic E-state index is 5.16. The molecule has 0 saturated carbocycles. The van der Waals surface area contributed by atoms with E-state index in [4.69, 9.17) is 9.97 Å². The molecule has 3 heteroatoms. The molecule has 0 aliphatic rings. The van der Waals surface area contributed by atoms with Crippen LogP contribution in [0.4, 0.5) is 0 Å². The van der Waals surface area contributed by atoms with Gasteiger partial charge in [-0.2, -0.15) is 0 Å². The average Bonchev–Trinajstić information content (AvgIpc) is 3.20. The molecular weight excluding hydrogens is 402 g/mol. The van der Waals surface area contributed by atoms with E-state index in [1.54, 1.807) is 0 Å². The minimum absolute atomic E-state index is 0.746. The lowest BCUT2D eigenvalue weighted by Crippen LogP contribution is -2.03. The first-order valence-corrected chi connectivity index (χ1v) is 11.6. The minimum atomic E-state index is 0.746. The van der Waals surface area contributed by atoms with Gasteiger partial charge in [0.1, 0.15) is 5.82 Å². The monoisotopic (exact) mass is 427 g/mol. The lowest BCUT2D eigenvalue weighted by Gasteiger charge is -2.13. The maximum Gasteiger partial charge on any atom is 0.162 e. The zero-order valence-corrected chi connectivity index (χ0v) is 18.9. The summed E-state index contributed by atoms with van der Waals surface area (Å²) in [5.74, 6) is 1.67. The Labute approximate surface area is 193 Å². The summed E-state index contributed by atoms with van der Waals surface area (Å²) in [5, 5.41) is 3.68. The van der Waals surface area contributed by atoms with Gasteiger partial charge in [-0.1, -0.05) is 80.1 Å². The van der Waals surface area contributed by atoms with Gasteiger partial charge in [-0.15, -0.1) is 0 Å². The molecule has 0 aliphatic heterocycles. The third-order valence-corrected chi connectivity index (χ3v) is 6.51. The molecule has 0 N–H and O–H groups in total. The highest BCUT2D eigenvalue weighted by molar-refractivity contribution is 6.12. The van der Waals surface area contributed by atoms with Crippen molar-refractivity contribution in [1.82, 2.24) is 14.5 Å². The largest absolute Gasteiger partial charge is 0.293 e. The van der Waals surface area contributed by atoms with Crippen molar-refractivity contribution in [3.05, 3.63) is 102 Å². The minimum Gasteiger partial charge on any atom is -0.293 e. The molecule has 6 aromatic rings. The third-order valence-electron chi connectivity index (χ3n) is 6.51. The van der Waals surface area contributed by atoms with Crippen molar-refractivity contribution in [3.63, 3.8) is 0 Å². The van der Waals surface area contributed by atoms with Crippen molar-refractivity contribution >= 4 is 32.7 Å². The van der Waals surface area contributed by atoms with E-state index in [9.17, 15) is 0 Å². The first kappa shape index (κ1) is 19.7.